The number of hydrogen-bond donors (Lipinski definition) is 0. The van der Waals surface area contributed by atoms with Gasteiger partial charge in [0, 0.05) is 30.6 Å². The van der Waals surface area contributed by atoms with Crippen LogP contribution in [0.4, 0.5) is 13.2 Å². The second-order valence-corrected chi connectivity index (χ2v) is 10.8. The van der Waals surface area contributed by atoms with E-state index in [0.29, 0.717) is 6.67 Å². The van der Waals surface area contributed by atoms with Gasteiger partial charge < -0.3 is 0 Å². The summed E-state index contributed by atoms with van der Waals surface area (Å²) in [6, 6.07) is 26.2. The van der Waals surface area contributed by atoms with Crippen molar-refractivity contribution in [3.8, 4) is 41.8 Å². The Balaban J connectivity index is 1.34. The summed E-state index contributed by atoms with van der Waals surface area (Å²) >= 11 is 3.28. The van der Waals surface area contributed by atoms with Gasteiger partial charge in [0.25, 0.3) is 0 Å². The highest BCUT2D eigenvalue weighted by Crippen LogP contribution is 2.37. The minimum Gasteiger partial charge on any atom is -0.259 e. The fraction of sp³-hybridized carbons (Fsp3) is 0.103. The highest BCUT2D eigenvalue weighted by Gasteiger charge is 2.30. The quantitative estimate of drug-likeness (QED) is 0.231. The molecule has 0 saturated heterocycles. The number of rotatable bonds is 4. The van der Waals surface area contributed by atoms with Gasteiger partial charge in [-0.05, 0) is 54.4 Å². The lowest BCUT2D eigenvalue weighted by Gasteiger charge is -2.06. The second kappa shape index (κ2) is 8.84. The summed E-state index contributed by atoms with van der Waals surface area (Å²) in [6.45, 7) is 2.48. The van der Waals surface area contributed by atoms with Crippen LogP contribution in [-0.4, -0.2) is 6.67 Å². The number of thiophene rings is 2. The van der Waals surface area contributed by atoms with E-state index in [1.54, 1.807) is 22.7 Å². The molecule has 0 spiro atoms. The van der Waals surface area contributed by atoms with Crippen LogP contribution < -0.4 is 10.7 Å². The number of fused-ring (bicyclic) bond motifs is 1. The van der Waals surface area contributed by atoms with E-state index in [2.05, 4.69) is 60.4 Å². The molecule has 0 saturated carbocycles. The SMILES string of the molecule is Cc1ccc(-c2ccc(-c3ccc(-c4ccc(-c5ccc(C(F)(F)F)cc5)s4)c4c3=NCN=4)s2)cc1. The summed E-state index contributed by atoms with van der Waals surface area (Å²) in [6.07, 6.45) is -4.34. The average Bonchev–Trinajstić information content (AvgIpc) is 3.64. The lowest BCUT2D eigenvalue weighted by molar-refractivity contribution is -0.137. The van der Waals surface area contributed by atoms with Crippen molar-refractivity contribution >= 4 is 22.7 Å². The highest BCUT2D eigenvalue weighted by molar-refractivity contribution is 7.19. The van der Waals surface area contributed by atoms with Gasteiger partial charge in [0.05, 0.1) is 16.3 Å². The molecule has 2 nitrogen and oxygen atoms in total. The van der Waals surface area contributed by atoms with Crippen LogP contribution in [0.5, 0.6) is 0 Å². The van der Waals surface area contributed by atoms with Gasteiger partial charge in [0.15, 0.2) is 0 Å². The highest BCUT2D eigenvalue weighted by atomic mass is 32.1. The summed E-state index contributed by atoms with van der Waals surface area (Å²) in [7, 11) is 0. The van der Waals surface area contributed by atoms with Gasteiger partial charge in [-0.25, -0.2) is 0 Å². The van der Waals surface area contributed by atoms with Crippen LogP contribution in [0.25, 0.3) is 41.8 Å². The Morgan fingerprint density at radius 2 is 1.03 bits per heavy atom. The zero-order chi connectivity index (χ0) is 24.9. The van der Waals surface area contributed by atoms with Crippen molar-refractivity contribution < 1.29 is 13.2 Å². The number of nitrogens with zero attached hydrogens (tertiary/aromatic N) is 2. The second-order valence-electron chi connectivity index (χ2n) is 8.58. The van der Waals surface area contributed by atoms with Crippen molar-refractivity contribution in [2.45, 2.75) is 13.1 Å². The first-order chi connectivity index (χ1) is 17.4. The molecule has 178 valence electrons. The predicted molar refractivity (Wildman–Crippen MR) is 141 cm³/mol. The molecule has 0 unspecified atom stereocenters. The monoisotopic (exact) mass is 516 g/mol. The first-order valence-electron chi connectivity index (χ1n) is 11.3. The lowest BCUT2D eigenvalue weighted by Crippen LogP contribution is -2.25. The lowest BCUT2D eigenvalue weighted by atomic mass is 10.1. The number of benzene rings is 3. The molecule has 36 heavy (non-hydrogen) atoms. The molecule has 3 heterocycles. The third-order valence-electron chi connectivity index (χ3n) is 6.18. The zero-order valence-corrected chi connectivity index (χ0v) is 20.8. The summed E-state index contributed by atoms with van der Waals surface area (Å²) in [5.41, 5.74) is 4.61. The molecule has 1 aliphatic rings. The van der Waals surface area contributed by atoms with Crippen LogP contribution in [0.3, 0.4) is 0 Å². The molecule has 0 amide bonds. The summed E-state index contributed by atoms with van der Waals surface area (Å²) < 4.78 is 38.7. The normalized spacial score (nSPS) is 12.8. The molecule has 0 N–H and O–H groups in total. The van der Waals surface area contributed by atoms with Crippen molar-refractivity contribution in [1.29, 1.82) is 0 Å². The van der Waals surface area contributed by atoms with E-state index >= 15 is 0 Å². The fourth-order valence-corrected chi connectivity index (χ4v) is 6.37. The third kappa shape index (κ3) is 4.18. The van der Waals surface area contributed by atoms with Crippen molar-refractivity contribution in [3.63, 3.8) is 0 Å². The molecule has 1 aliphatic heterocycles. The maximum Gasteiger partial charge on any atom is 0.416 e. The molecular formula is C29H19F3N2S2. The van der Waals surface area contributed by atoms with Gasteiger partial charge in [0.1, 0.15) is 6.67 Å². The topological polar surface area (TPSA) is 24.7 Å². The van der Waals surface area contributed by atoms with Crippen LogP contribution in [0.15, 0.2) is 94.9 Å². The fourth-order valence-electron chi connectivity index (χ4n) is 4.29. The number of hydrogen-bond acceptors (Lipinski definition) is 4. The van der Waals surface area contributed by atoms with Crippen LogP contribution in [-0.2, 0) is 6.18 Å². The molecule has 2 aromatic heterocycles. The van der Waals surface area contributed by atoms with E-state index < -0.39 is 11.7 Å². The van der Waals surface area contributed by atoms with E-state index in [1.165, 1.54) is 28.1 Å². The van der Waals surface area contributed by atoms with Gasteiger partial charge in [-0.3, -0.25) is 9.98 Å². The minimum atomic E-state index is -4.34. The van der Waals surface area contributed by atoms with Crippen molar-refractivity contribution in [1.82, 2.24) is 0 Å². The van der Waals surface area contributed by atoms with Gasteiger partial charge in [-0.1, -0.05) is 54.1 Å². The standard InChI is InChI=1S/C29H19F3N2S2/c1-17-2-4-18(5-3-17)23-12-14-25(35-23)21-10-11-22(28-27(21)33-16-34-28)26-15-13-24(36-26)19-6-8-20(9-7-19)29(30,31)32/h2-15H,16H2,1H3. The van der Waals surface area contributed by atoms with Gasteiger partial charge >= 0.3 is 6.18 Å². The third-order valence-corrected chi connectivity index (χ3v) is 8.52. The molecule has 0 radical (unpaired) electrons. The van der Waals surface area contributed by atoms with Crippen LogP contribution >= 0.6 is 22.7 Å². The van der Waals surface area contributed by atoms with Gasteiger partial charge in [0.2, 0.25) is 0 Å². The first kappa shape index (κ1) is 22.9. The molecule has 0 fully saturated rings. The smallest absolute Gasteiger partial charge is 0.259 e. The molecule has 3 aromatic carbocycles. The molecule has 0 atom stereocenters. The molecule has 6 rings (SSSR count). The summed E-state index contributed by atoms with van der Waals surface area (Å²) in [4.78, 5) is 13.6. The van der Waals surface area contributed by atoms with E-state index in [1.807, 2.05) is 12.1 Å². The molecule has 5 aromatic rings. The Labute approximate surface area is 213 Å². The Morgan fingerprint density at radius 1 is 0.583 bits per heavy atom. The number of alkyl halides is 3. The van der Waals surface area contributed by atoms with Crippen molar-refractivity contribution in [2.75, 3.05) is 6.67 Å². The van der Waals surface area contributed by atoms with Crippen LogP contribution in [0.2, 0.25) is 0 Å². The van der Waals surface area contributed by atoms with Gasteiger partial charge in [-0.2, -0.15) is 13.2 Å². The number of aryl methyl sites for hydroxylation is 1. The predicted octanol–water partition coefficient (Wildman–Crippen LogP) is 8.02. The van der Waals surface area contributed by atoms with Gasteiger partial charge in [-0.15, -0.1) is 22.7 Å². The Morgan fingerprint density at radius 3 is 1.50 bits per heavy atom. The minimum absolute atomic E-state index is 0.396. The Hall–Kier alpha value is -3.55. The molecular weight excluding hydrogens is 497 g/mol. The summed E-state index contributed by atoms with van der Waals surface area (Å²) in [5, 5.41) is 1.77. The number of halogens is 3. The first-order valence-corrected chi connectivity index (χ1v) is 13.0. The van der Waals surface area contributed by atoms with Crippen molar-refractivity contribution in [2.24, 2.45) is 9.98 Å². The van der Waals surface area contributed by atoms with E-state index in [-0.39, 0.29) is 0 Å². The molecule has 0 aliphatic carbocycles. The van der Waals surface area contributed by atoms with Crippen LogP contribution in [0.1, 0.15) is 11.1 Å². The van der Waals surface area contributed by atoms with E-state index in [4.69, 9.17) is 4.99 Å². The Bertz CT molecular complexity index is 1690. The Kier molecular flexibility index (Phi) is 5.62. The largest absolute Gasteiger partial charge is 0.416 e. The summed E-state index contributed by atoms with van der Waals surface area (Å²) in [5.74, 6) is 0. The maximum atomic E-state index is 12.9. The van der Waals surface area contributed by atoms with E-state index in [0.717, 1.165) is 54.2 Å². The van der Waals surface area contributed by atoms with Crippen molar-refractivity contribution in [3.05, 3.63) is 107 Å². The van der Waals surface area contributed by atoms with Crippen LogP contribution in [0, 0.1) is 6.92 Å². The molecule has 7 heteroatoms. The zero-order valence-electron chi connectivity index (χ0n) is 19.1. The van der Waals surface area contributed by atoms with E-state index in [9.17, 15) is 13.2 Å². The maximum absolute atomic E-state index is 12.9. The average molecular weight is 517 g/mol. The molecule has 0 bridgehead atoms.